The zero-order valence-electron chi connectivity index (χ0n) is 13.0. The number of hydrogen-bond acceptors (Lipinski definition) is 3. The molecular weight excluding hydrogens is 356 g/mol. The van der Waals surface area contributed by atoms with Gasteiger partial charge in [-0.1, -0.05) is 40.2 Å². The van der Waals surface area contributed by atoms with Crippen molar-refractivity contribution in [2.75, 3.05) is 7.11 Å². The van der Waals surface area contributed by atoms with Crippen molar-refractivity contribution in [3.63, 3.8) is 0 Å². The van der Waals surface area contributed by atoms with Crippen molar-refractivity contribution in [1.29, 1.82) is 0 Å². The zero-order valence-corrected chi connectivity index (χ0v) is 14.6. The highest BCUT2D eigenvalue weighted by atomic mass is 79.9. The maximum absolute atomic E-state index is 12.0. The third-order valence-corrected chi connectivity index (χ3v) is 4.44. The summed E-state index contributed by atoms with van der Waals surface area (Å²) in [5.74, 6) is 0.744. The molecule has 0 saturated heterocycles. The Morgan fingerprint density at radius 1 is 1.17 bits per heavy atom. The van der Waals surface area contributed by atoms with Crippen LogP contribution in [-0.4, -0.2) is 23.7 Å². The Hall–Kier alpha value is -2.14. The first-order valence-corrected chi connectivity index (χ1v) is 8.15. The number of carbonyl (C=O) groups is 1. The van der Waals surface area contributed by atoms with E-state index in [2.05, 4.69) is 21.0 Å². The molecule has 2 aromatic carbocycles. The van der Waals surface area contributed by atoms with Gasteiger partial charge in [-0.3, -0.25) is 4.79 Å². The standard InChI is InChI=1S/C18H17BrN2O2/c1-12(22)21-18(14-5-9-16(23-2)10-6-14)11-17(20-21)13-3-7-15(19)8-4-13/h3-10,18H,11H2,1-2H3/t18-/m0/s1. The maximum atomic E-state index is 12.0. The fraction of sp³-hybridized carbons (Fsp3) is 0.222. The van der Waals surface area contributed by atoms with Gasteiger partial charge in [-0.15, -0.1) is 0 Å². The van der Waals surface area contributed by atoms with Crippen molar-refractivity contribution in [2.45, 2.75) is 19.4 Å². The summed E-state index contributed by atoms with van der Waals surface area (Å²) in [7, 11) is 1.64. The second-order valence-electron chi connectivity index (χ2n) is 5.41. The monoisotopic (exact) mass is 372 g/mol. The molecule has 23 heavy (non-hydrogen) atoms. The van der Waals surface area contributed by atoms with Crippen LogP contribution in [0.2, 0.25) is 0 Å². The quantitative estimate of drug-likeness (QED) is 0.811. The second kappa shape index (κ2) is 6.54. The fourth-order valence-corrected chi connectivity index (χ4v) is 2.97. The van der Waals surface area contributed by atoms with Gasteiger partial charge >= 0.3 is 0 Å². The third-order valence-electron chi connectivity index (χ3n) is 3.91. The van der Waals surface area contributed by atoms with E-state index in [1.807, 2.05) is 48.5 Å². The highest BCUT2D eigenvalue weighted by Gasteiger charge is 2.31. The van der Waals surface area contributed by atoms with Crippen LogP contribution in [-0.2, 0) is 4.79 Å². The Morgan fingerprint density at radius 2 is 1.83 bits per heavy atom. The van der Waals surface area contributed by atoms with Crippen LogP contribution in [0.4, 0.5) is 0 Å². The van der Waals surface area contributed by atoms with E-state index in [1.165, 1.54) is 0 Å². The molecule has 0 aromatic heterocycles. The first kappa shape index (κ1) is 15.7. The third kappa shape index (κ3) is 3.29. The minimum Gasteiger partial charge on any atom is -0.497 e. The summed E-state index contributed by atoms with van der Waals surface area (Å²) >= 11 is 3.43. The van der Waals surface area contributed by atoms with E-state index in [4.69, 9.17) is 4.74 Å². The number of ether oxygens (including phenoxy) is 1. The van der Waals surface area contributed by atoms with Crippen LogP contribution in [0.15, 0.2) is 58.1 Å². The van der Waals surface area contributed by atoms with E-state index in [9.17, 15) is 4.79 Å². The topological polar surface area (TPSA) is 41.9 Å². The molecule has 0 unspecified atom stereocenters. The molecule has 1 aliphatic heterocycles. The Balaban J connectivity index is 1.90. The number of rotatable bonds is 3. The zero-order chi connectivity index (χ0) is 16.4. The predicted octanol–water partition coefficient (Wildman–Crippen LogP) is 4.16. The van der Waals surface area contributed by atoms with E-state index in [0.29, 0.717) is 6.42 Å². The number of amides is 1. The van der Waals surface area contributed by atoms with Gasteiger partial charge in [0.25, 0.3) is 0 Å². The van der Waals surface area contributed by atoms with E-state index in [0.717, 1.165) is 27.1 Å². The molecule has 4 nitrogen and oxygen atoms in total. The summed E-state index contributed by atoms with van der Waals surface area (Å²) in [6.07, 6.45) is 0.702. The molecule has 118 valence electrons. The van der Waals surface area contributed by atoms with Crippen LogP contribution in [0, 0.1) is 0 Å². The van der Waals surface area contributed by atoms with E-state index >= 15 is 0 Å². The smallest absolute Gasteiger partial charge is 0.240 e. The van der Waals surface area contributed by atoms with Crippen LogP contribution in [0.1, 0.15) is 30.5 Å². The van der Waals surface area contributed by atoms with E-state index < -0.39 is 0 Å². The van der Waals surface area contributed by atoms with Gasteiger partial charge in [-0.2, -0.15) is 5.10 Å². The number of halogens is 1. The summed E-state index contributed by atoms with van der Waals surface area (Å²) in [6, 6.07) is 15.7. The molecule has 0 bridgehead atoms. The van der Waals surface area contributed by atoms with Crippen LogP contribution < -0.4 is 4.74 Å². The predicted molar refractivity (Wildman–Crippen MR) is 93.6 cm³/mol. The molecule has 0 N–H and O–H groups in total. The molecule has 0 fully saturated rings. The fourth-order valence-electron chi connectivity index (χ4n) is 2.70. The van der Waals surface area contributed by atoms with Gasteiger partial charge in [-0.05, 0) is 35.4 Å². The second-order valence-corrected chi connectivity index (χ2v) is 6.33. The lowest BCUT2D eigenvalue weighted by molar-refractivity contribution is -0.130. The van der Waals surface area contributed by atoms with Crippen molar-refractivity contribution >= 4 is 27.5 Å². The molecule has 2 aromatic rings. The van der Waals surface area contributed by atoms with Gasteiger partial charge in [-0.25, -0.2) is 5.01 Å². The van der Waals surface area contributed by atoms with Gasteiger partial charge in [0, 0.05) is 17.8 Å². The minimum absolute atomic E-state index is 0.0575. The van der Waals surface area contributed by atoms with Crippen LogP contribution in [0.3, 0.4) is 0 Å². The number of benzene rings is 2. The lowest BCUT2D eigenvalue weighted by atomic mass is 9.98. The Morgan fingerprint density at radius 3 is 2.39 bits per heavy atom. The largest absolute Gasteiger partial charge is 0.497 e. The van der Waals surface area contributed by atoms with Crippen molar-refractivity contribution in [3.05, 3.63) is 64.1 Å². The lowest BCUT2D eigenvalue weighted by Gasteiger charge is -2.20. The molecule has 1 heterocycles. The number of carbonyl (C=O) groups excluding carboxylic acids is 1. The van der Waals surface area contributed by atoms with Crippen LogP contribution >= 0.6 is 15.9 Å². The first-order chi connectivity index (χ1) is 11.1. The molecule has 0 radical (unpaired) electrons. The number of nitrogens with zero attached hydrogens (tertiary/aromatic N) is 2. The summed E-state index contributed by atoms with van der Waals surface area (Å²) in [5, 5.41) is 6.11. The van der Waals surface area contributed by atoms with Gasteiger partial charge in [0.2, 0.25) is 5.91 Å². The Labute approximate surface area is 143 Å². The molecule has 0 spiro atoms. The normalized spacial score (nSPS) is 17.1. The van der Waals surface area contributed by atoms with Gasteiger partial charge < -0.3 is 4.74 Å². The van der Waals surface area contributed by atoms with Crippen molar-refractivity contribution in [1.82, 2.24) is 5.01 Å². The van der Waals surface area contributed by atoms with Gasteiger partial charge in [0.1, 0.15) is 5.75 Å². The number of hydrogen-bond donors (Lipinski definition) is 0. The van der Waals surface area contributed by atoms with Gasteiger partial charge in [0.05, 0.1) is 18.9 Å². The van der Waals surface area contributed by atoms with Crippen molar-refractivity contribution in [3.8, 4) is 5.75 Å². The number of hydrazone groups is 1. The van der Waals surface area contributed by atoms with Crippen LogP contribution in [0.25, 0.3) is 0 Å². The van der Waals surface area contributed by atoms with Gasteiger partial charge in [0.15, 0.2) is 0 Å². The molecule has 0 aliphatic carbocycles. The maximum Gasteiger partial charge on any atom is 0.240 e. The lowest BCUT2D eigenvalue weighted by Crippen LogP contribution is -2.24. The Kier molecular flexibility index (Phi) is 4.48. The molecule has 3 rings (SSSR count). The van der Waals surface area contributed by atoms with Crippen molar-refractivity contribution in [2.24, 2.45) is 5.10 Å². The molecule has 1 amide bonds. The average molecular weight is 373 g/mol. The molecule has 1 atom stereocenters. The summed E-state index contributed by atoms with van der Waals surface area (Å²) in [6.45, 7) is 1.55. The minimum atomic E-state index is -0.0722. The highest BCUT2D eigenvalue weighted by Crippen LogP contribution is 2.33. The molecule has 5 heteroatoms. The Bertz CT molecular complexity index is 739. The van der Waals surface area contributed by atoms with E-state index in [-0.39, 0.29) is 11.9 Å². The SMILES string of the molecule is COc1ccc([C@@H]2CC(c3ccc(Br)cc3)=NN2C(C)=O)cc1. The molecular formula is C18H17BrN2O2. The summed E-state index contributed by atoms with van der Waals surface area (Å²) in [4.78, 5) is 12.0. The molecule has 0 saturated carbocycles. The molecule has 1 aliphatic rings. The highest BCUT2D eigenvalue weighted by molar-refractivity contribution is 9.10. The average Bonchev–Trinajstić information content (AvgIpc) is 3.01. The van der Waals surface area contributed by atoms with E-state index in [1.54, 1.807) is 19.0 Å². The van der Waals surface area contributed by atoms with Crippen molar-refractivity contribution < 1.29 is 9.53 Å². The summed E-state index contributed by atoms with van der Waals surface area (Å²) < 4.78 is 6.22. The number of methoxy groups -OCH3 is 1. The first-order valence-electron chi connectivity index (χ1n) is 7.35. The van der Waals surface area contributed by atoms with Crippen LogP contribution in [0.5, 0.6) is 5.75 Å². The summed E-state index contributed by atoms with van der Waals surface area (Å²) in [5.41, 5.74) is 3.01.